The lowest BCUT2D eigenvalue weighted by molar-refractivity contribution is 0.586. The summed E-state index contributed by atoms with van der Waals surface area (Å²) in [6.45, 7) is 0.674. The van der Waals surface area contributed by atoms with Gasteiger partial charge in [0, 0.05) is 30.2 Å². The first-order valence-electron chi connectivity index (χ1n) is 7.13. The second-order valence-corrected chi connectivity index (χ2v) is 9.15. The van der Waals surface area contributed by atoms with Crippen molar-refractivity contribution >= 4 is 30.9 Å². The number of fused-ring (bicyclic) bond motifs is 1. The van der Waals surface area contributed by atoms with Crippen molar-refractivity contribution in [3.8, 4) is 0 Å². The zero-order valence-electron chi connectivity index (χ0n) is 13.1. The number of H-pyrrole nitrogens is 1. The van der Waals surface area contributed by atoms with Gasteiger partial charge in [-0.2, -0.15) is 0 Å². The van der Waals surface area contributed by atoms with Crippen LogP contribution < -0.4 is 9.44 Å². The van der Waals surface area contributed by atoms with Crippen LogP contribution in [0.3, 0.4) is 0 Å². The van der Waals surface area contributed by atoms with Gasteiger partial charge in [-0.3, -0.25) is 0 Å². The fourth-order valence-corrected chi connectivity index (χ4v) is 3.38. The third-order valence-corrected chi connectivity index (χ3v) is 4.86. The minimum absolute atomic E-state index is 0.335. The van der Waals surface area contributed by atoms with Crippen molar-refractivity contribution in [1.82, 2.24) is 14.4 Å². The van der Waals surface area contributed by atoms with Gasteiger partial charge in [-0.05, 0) is 24.0 Å². The quantitative estimate of drug-likeness (QED) is 0.632. The molecule has 0 atom stereocenters. The number of hydrogen-bond acceptors (Lipinski definition) is 4. The first kappa shape index (κ1) is 17.9. The summed E-state index contributed by atoms with van der Waals surface area (Å²) in [6, 6.07) is 5.83. The molecule has 3 N–H and O–H groups in total. The lowest BCUT2D eigenvalue weighted by Crippen LogP contribution is -2.24. The largest absolute Gasteiger partial charge is 0.361 e. The van der Waals surface area contributed by atoms with E-state index in [0.717, 1.165) is 34.5 Å². The molecule has 7 nitrogen and oxygen atoms in total. The molecule has 9 heteroatoms. The van der Waals surface area contributed by atoms with E-state index in [4.69, 9.17) is 0 Å². The van der Waals surface area contributed by atoms with Gasteiger partial charge >= 0.3 is 0 Å². The van der Waals surface area contributed by atoms with Crippen LogP contribution in [-0.4, -0.2) is 47.4 Å². The molecule has 0 aliphatic rings. The fourth-order valence-electron chi connectivity index (χ4n) is 2.43. The SMILES string of the molecule is CS(=O)(=O)NCCc1c[nH]c2c(CCNS(C)(=O)=O)cccc12. The van der Waals surface area contributed by atoms with E-state index in [1.165, 1.54) is 0 Å². The molecule has 0 amide bonds. The zero-order chi connectivity index (χ0) is 17.1. The molecule has 1 heterocycles. The van der Waals surface area contributed by atoms with E-state index in [2.05, 4.69) is 14.4 Å². The van der Waals surface area contributed by atoms with Crippen LogP contribution in [0.15, 0.2) is 24.4 Å². The van der Waals surface area contributed by atoms with E-state index in [-0.39, 0.29) is 0 Å². The lowest BCUT2D eigenvalue weighted by Gasteiger charge is -2.05. The first-order chi connectivity index (χ1) is 10.7. The molecule has 0 saturated carbocycles. The maximum Gasteiger partial charge on any atom is 0.208 e. The summed E-state index contributed by atoms with van der Waals surface area (Å²) in [6.07, 6.45) is 5.29. The predicted molar refractivity (Wildman–Crippen MR) is 91.4 cm³/mol. The van der Waals surface area contributed by atoms with Crippen molar-refractivity contribution in [2.75, 3.05) is 25.6 Å². The van der Waals surface area contributed by atoms with Crippen LogP contribution in [0.4, 0.5) is 0 Å². The number of sulfonamides is 2. The summed E-state index contributed by atoms with van der Waals surface area (Å²) in [5.41, 5.74) is 2.99. The third-order valence-electron chi connectivity index (χ3n) is 3.40. The Morgan fingerprint density at radius 1 is 0.913 bits per heavy atom. The molecule has 1 aromatic carbocycles. The van der Waals surface area contributed by atoms with E-state index < -0.39 is 20.0 Å². The van der Waals surface area contributed by atoms with Gasteiger partial charge < -0.3 is 4.98 Å². The van der Waals surface area contributed by atoms with Crippen LogP contribution in [0.5, 0.6) is 0 Å². The molecule has 2 rings (SSSR count). The highest BCUT2D eigenvalue weighted by Gasteiger charge is 2.09. The maximum absolute atomic E-state index is 11.1. The Morgan fingerprint density at radius 3 is 2.04 bits per heavy atom. The molecular formula is C14H21N3O4S2. The monoisotopic (exact) mass is 359 g/mol. The fraction of sp³-hybridized carbons (Fsp3) is 0.429. The Morgan fingerprint density at radius 2 is 1.48 bits per heavy atom. The van der Waals surface area contributed by atoms with E-state index >= 15 is 0 Å². The molecule has 0 bridgehead atoms. The van der Waals surface area contributed by atoms with E-state index in [9.17, 15) is 16.8 Å². The first-order valence-corrected chi connectivity index (χ1v) is 10.9. The summed E-state index contributed by atoms with van der Waals surface area (Å²) in [7, 11) is -6.38. The number of nitrogens with one attached hydrogen (secondary N) is 3. The van der Waals surface area contributed by atoms with E-state index in [1.54, 1.807) is 0 Å². The molecule has 0 unspecified atom stereocenters. The van der Waals surface area contributed by atoms with Gasteiger partial charge in [-0.15, -0.1) is 0 Å². The standard InChI is InChI=1S/C14H21N3O4S2/c1-22(18,19)16-8-6-11-4-3-5-13-12(10-15-14(11)13)7-9-17-23(2,20)21/h3-5,10,15-17H,6-9H2,1-2H3. The van der Waals surface area contributed by atoms with Crippen LogP contribution in [0.25, 0.3) is 10.9 Å². The number of para-hydroxylation sites is 1. The summed E-state index contributed by atoms with van der Waals surface area (Å²) < 4.78 is 49.4. The molecule has 0 aliphatic carbocycles. The van der Waals surface area contributed by atoms with E-state index in [0.29, 0.717) is 25.9 Å². The average Bonchev–Trinajstić information content (AvgIpc) is 2.80. The van der Waals surface area contributed by atoms with Crippen LogP contribution in [0.2, 0.25) is 0 Å². The van der Waals surface area contributed by atoms with Crippen molar-refractivity contribution in [2.24, 2.45) is 0 Å². The average molecular weight is 359 g/mol. The van der Waals surface area contributed by atoms with Gasteiger partial charge in [-0.1, -0.05) is 18.2 Å². The van der Waals surface area contributed by atoms with Crippen LogP contribution >= 0.6 is 0 Å². The lowest BCUT2D eigenvalue weighted by atomic mass is 10.1. The molecule has 2 aromatic rings. The number of aromatic amines is 1. The molecule has 0 spiro atoms. The molecule has 128 valence electrons. The Labute approximate surface area is 136 Å². The highest BCUT2D eigenvalue weighted by atomic mass is 32.2. The predicted octanol–water partition coefficient (Wildman–Crippen LogP) is 0.351. The Hall–Kier alpha value is -1.42. The van der Waals surface area contributed by atoms with Crippen molar-refractivity contribution in [2.45, 2.75) is 12.8 Å². The van der Waals surface area contributed by atoms with Crippen LogP contribution in [-0.2, 0) is 32.9 Å². The second kappa shape index (κ2) is 7.00. The van der Waals surface area contributed by atoms with Crippen molar-refractivity contribution in [3.63, 3.8) is 0 Å². The van der Waals surface area contributed by atoms with Crippen LogP contribution in [0, 0.1) is 0 Å². The summed E-state index contributed by atoms with van der Waals surface area (Å²) in [5.74, 6) is 0. The maximum atomic E-state index is 11.1. The minimum atomic E-state index is -3.19. The highest BCUT2D eigenvalue weighted by Crippen LogP contribution is 2.22. The van der Waals surface area contributed by atoms with Gasteiger partial charge in [0.2, 0.25) is 20.0 Å². The molecule has 0 radical (unpaired) electrons. The number of aromatic nitrogens is 1. The number of rotatable bonds is 8. The van der Waals surface area contributed by atoms with Gasteiger partial charge in [0.15, 0.2) is 0 Å². The van der Waals surface area contributed by atoms with Crippen LogP contribution in [0.1, 0.15) is 11.1 Å². The van der Waals surface area contributed by atoms with Crippen molar-refractivity contribution < 1.29 is 16.8 Å². The zero-order valence-corrected chi connectivity index (χ0v) is 14.7. The Balaban J connectivity index is 2.10. The van der Waals surface area contributed by atoms with Gasteiger partial charge in [0.1, 0.15) is 0 Å². The Bertz CT molecular complexity index is 886. The van der Waals surface area contributed by atoms with Crippen molar-refractivity contribution in [1.29, 1.82) is 0 Å². The number of hydrogen-bond donors (Lipinski definition) is 3. The van der Waals surface area contributed by atoms with Gasteiger partial charge in [0.25, 0.3) is 0 Å². The normalized spacial score (nSPS) is 12.8. The third kappa shape index (κ3) is 5.61. The number of benzene rings is 1. The molecule has 0 aliphatic heterocycles. The molecule has 0 saturated heterocycles. The summed E-state index contributed by atoms with van der Waals surface area (Å²) in [4.78, 5) is 3.20. The van der Waals surface area contributed by atoms with E-state index in [1.807, 2.05) is 24.4 Å². The Kier molecular flexibility index (Phi) is 5.45. The van der Waals surface area contributed by atoms with Gasteiger partial charge in [-0.25, -0.2) is 26.3 Å². The summed E-state index contributed by atoms with van der Waals surface area (Å²) in [5, 5.41) is 1.03. The molecule has 23 heavy (non-hydrogen) atoms. The van der Waals surface area contributed by atoms with Gasteiger partial charge in [0.05, 0.1) is 12.5 Å². The topological polar surface area (TPSA) is 108 Å². The minimum Gasteiger partial charge on any atom is -0.361 e. The molecule has 0 fully saturated rings. The second-order valence-electron chi connectivity index (χ2n) is 5.49. The highest BCUT2D eigenvalue weighted by molar-refractivity contribution is 7.89. The smallest absolute Gasteiger partial charge is 0.208 e. The van der Waals surface area contributed by atoms with Crippen molar-refractivity contribution in [3.05, 3.63) is 35.5 Å². The summed E-state index contributed by atoms with van der Waals surface area (Å²) >= 11 is 0. The molecular weight excluding hydrogens is 338 g/mol. The molecule has 1 aromatic heterocycles.